The quantitative estimate of drug-likeness (QED) is 0.868. The molecule has 2 rings (SSSR count). The number of nitrogens with zero attached hydrogens (tertiary/aromatic N) is 3. The van der Waals surface area contributed by atoms with Gasteiger partial charge in [0.25, 0.3) is 10.0 Å². The van der Waals surface area contributed by atoms with Gasteiger partial charge in [0.1, 0.15) is 10.8 Å². The number of aromatic nitrogens is 3. The summed E-state index contributed by atoms with van der Waals surface area (Å²) in [6.45, 7) is 4.33. The van der Waals surface area contributed by atoms with Gasteiger partial charge in [0.05, 0.1) is 4.90 Å². The molecule has 0 aliphatic carbocycles. The Balaban J connectivity index is 2.26. The fraction of sp³-hybridized carbons (Fsp3) is 0.300. The van der Waals surface area contributed by atoms with Gasteiger partial charge in [0.15, 0.2) is 0 Å². The number of sulfonamides is 1. The van der Waals surface area contributed by atoms with Crippen LogP contribution in [0.4, 0.5) is 10.9 Å². The van der Waals surface area contributed by atoms with Gasteiger partial charge in [0.2, 0.25) is 5.13 Å². The van der Waals surface area contributed by atoms with Crippen LogP contribution in [0.3, 0.4) is 0 Å². The van der Waals surface area contributed by atoms with Gasteiger partial charge in [-0.25, -0.2) is 13.4 Å². The van der Waals surface area contributed by atoms with Crippen LogP contribution in [0.5, 0.6) is 0 Å². The predicted molar refractivity (Wildman–Crippen MR) is 73.9 cm³/mol. The first kappa shape index (κ1) is 13.7. The lowest BCUT2D eigenvalue weighted by molar-refractivity contribution is 0.601. The van der Waals surface area contributed by atoms with E-state index in [4.69, 9.17) is 0 Å². The minimum Gasteiger partial charge on any atom is -0.370 e. The average molecular weight is 299 g/mol. The minimum atomic E-state index is -3.66. The van der Waals surface area contributed by atoms with E-state index in [0.29, 0.717) is 17.4 Å². The second-order valence-electron chi connectivity index (χ2n) is 3.64. The van der Waals surface area contributed by atoms with Gasteiger partial charge in [-0.3, -0.25) is 4.72 Å². The van der Waals surface area contributed by atoms with Crippen LogP contribution in [-0.2, 0) is 10.0 Å². The van der Waals surface area contributed by atoms with E-state index in [0.717, 1.165) is 0 Å². The van der Waals surface area contributed by atoms with Crippen LogP contribution in [0.1, 0.15) is 11.9 Å². The minimum absolute atomic E-state index is 0.131. The molecule has 0 spiro atoms. The number of pyridine rings is 1. The molecule has 0 aliphatic rings. The first-order chi connectivity index (χ1) is 9.01. The molecule has 0 bridgehead atoms. The Bertz CT molecular complexity index is 668. The summed E-state index contributed by atoms with van der Waals surface area (Å²) in [5.41, 5.74) is 0. The monoisotopic (exact) mass is 299 g/mol. The van der Waals surface area contributed by atoms with Crippen molar-refractivity contribution < 1.29 is 8.42 Å². The standard InChI is InChI=1S/C10H13N5O2S2/c1-3-11-9-6-8(4-5-12-9)19(16,17)15-10-14-13-7(2)18-10/h4-6H,3H2,1-2H3,(H,11,12)(H,14,15). The van der Waals surface area contributed by atoms with Gasteiger partial charge < -0.3 is 5.32 Å². The van der Waals surface area contributed by atoms with E-state index in [2.05, 4.69) is 25.2 Å². The van der Waals surface area contributed by atoms with Crippen LogP contribution < -0.4 is 10.0 Å². The maximum Gasteiger partial charge on any atom is 0.263 e. The Labute approximate surface area is 115 Å². The van der Waals surface area contributed by atoms with Crippen molar-refractivity contribution >= 4 is 32.3 Å². The van der Waals surface area contributed by atoms with E-state index >= 15 is 0 Å². The summed E-state index contributed by atoms with van der Waals surface area (Å²) in [5, 5.41) is 11.4. The lowest BCUT2D eigenvalue weighted by Gasteiger charge is -2.06. The summed E-state index contributed by atoms with van der Waals surface area (Å²) in [7, 11) is -3.66. The molecule has 0 saturated carbocycles. The summed E-state index contributed by atoms with van der Waals surface area (Å²) >= 11 is 1.18. The van der Waals surface area contributed by atoms with Crippen LogP contribution in [0.2, 0.25) is 0 Å². The zero-order valence-electron chi connectivity index (χ0n) is 10.4. The molecule has 0 unspecified atom stereocenters. The molecule has 2 aromatic heterocycles. The second kappa shape index (κ2) is 5.49. The highest BCUT2D eigenvalue weighted by atomic mass is 32.2. The topological polar surface area (TPSA) is 96.9 Å². The highest BCUT2D eigenvalue weighted by molar-refractivity contribution is 7.93. The van der Waals surface area contributed by atoms with E-state index in [1.165, 1.54) is 29.7 Å². The number of anilines is 2. The van der Waals surface area contributed by atoms with E-state index in [-0.39, 0.29) is 10.0 Å². The Morgan fingerprint density at radius 1 is 1.37 bits per heavy atom. The third kappa shape index (κ3) is 3.38. The molecule has 102 valence electrons. The molecule has 0 radical (unpaired) electrons. The Kier molecular flexibility index (Phi) is 3.96. The van der Waals surface area contributed by atoms with Crippen LogP contribution in [0.15, 0.2) is 23.2 Å². The van der Waals surface area contributed by atoms with Gasteiger partial charge in [-0.1, -0.05) is 11.3 Å². The molecule has 0 aromatic carbocycles. The van der Waals surface area contributed by atoms with Crippen LogP contribution in [0, 0.1) is 6.92 Å². The maximum absolute atomic E-state index is 12.1. The van der Waals surface area contributed by atoms with E-state index in [1.54, 1.807) is 6.92 Å². The Hall–Kier alpha value is -1.74. The summed E-state index contributed by atoms with van der Waals surface area (Å²) < 4.78 is 26.7. The van der Waals surface area contributed by atoms with Crippen LogP contribution >= 0.6 is 11.3 Å². The number of rotatable bonds is 5. The molecular weight excluding hydrogens is 286 g/mol. The average Bonchev–Trinajstić information content (AvgIpc) is 2.75. The van der Waals surface area contributed by atoms with E-state index < -0.39 is 10.0 Å². The molecule has 2 aromatic rings. The van der Waals surface area contributed by atoms with Crippen molar-refractivity contribution in [3.63, 3.8) is 0 Å². The second-order valence-corrected chi connectivity index (χ2v) is 6.50. The first-order valence-corrected chi connectivity index (χ1v) is 7.84. The van der Waals surface area contributed by atoms with E-state index in [9.17, 15) is 8.42 Å². The number of hydrogen-bond acceptors (Lipinski definition) is 7. The lowest BCUT2D eigenvalue weighted by atomic mass is 10.4. The Morgan fingerprint density at radius 3 is 2.79 bits per heavy atom. The van der Waals surface area contributed by atoms with Crippen LogP contribution in [-0.4, -0.2) is 30.1 Å². The number of hydrogen-bond donors (Lipinski definition) is 2. The normalized spacial score (nSPS) is 11.3. The molecule has 0 aliphatic heterocycles. The fourth-order valence-electron chi connectivity index (χ4n) is 1.37. The van der Waals surface area contributed by atoms with Crippen molar-refractivity contribution in [2.45, 2.75) is 18.7 Å². The van der Waals surface area contributed by atoms with E-state index in [1.807, 2.05) is 6.92 Å². The van der Waals surface area contributed by atoms with Gasteiger partial charge in [-0.15, -0.1) is 10.2 Å². The first-order valence-electron chi connectivity index (χ1n) is 5.54. The molecule has 2 heterocycles. The van der Waals surface area contributed by atoms with Gasteiger partial charge in [0, 0.05) is 18.8 Å². The van der Waals surface area contributed by atoms with Crippen molar-refractivity contribution in [2.75, 3.05) is 16.6 Å². The molecule has 0 amide bonds. The van der Waals surface area contributed by atoms with Gasteiger partial charge in [-0.05, 0) is 19.9 Å². The third-order valence-corrected chi connectivity index (χ3v) is 4.37. The SMILES string of the molecule is CCNc1cc(S(=O)(=O)Nc2nnc(C)s2)ccn1. The molecule has 0 saturated heterocycles. The highest BCUT2D eigenvalue weighted by Crippen LogP contribution is 2.20. The van der Waals surface area contributed by atoms with Gasteiger partial charge >= 0.3 is 0 Å². The largest absolute Gasteiger partial charge is 0.370 e. The number of aryl methyl sites for hydroxylation is 1. The molecule has 2 N–H and O–H groups in total. The van der Waals surface area contributed by atoms with Crippen molar-refractivity contribution in [3.8, 4) is 0 Å². The summed E-state index contributed by atoms with van der Waals surface area (Å²) in [6.07, 6.45) is 1.44. The molecular formula is C10H13N5O2S2. The summed E-state index contributed by atoms with van der Waals surface area (Å²) in [6, 6.07) is 2.90. The molecule has 0 atom stereocenters. The predicted octanol–water partition coefficient (Wildman–Crippen LogP) is 1.47. The van der Waals surface area contributed by atoms with Crippen molar-refractivity contribution in [2.24, 2.45) is 0 Å². The molecule has 19 heavy (non-hydrogen) atoms. The maximum atomic E-state index is 12.1. The fourth-order valence-corrected chi connectivity index (χ4v) is 3.20. The lowest BCUT2D eigenvalue weighted by Crippen LogP contribution is -2.13. The highest BCUT2D eigenvalue weighted by Gasteiger charge is 2.17. The van der Waals surface area contributed by atoms with Crippen LogP contribution in [0.25, 0.3) is 0 Å². The van der Waals surface area contributed by atoms with Gasteiger partial charge in [-0.2, -0.15) is 0 Å². The molecule has 9 heteroatoms. The van der Waals surface area contributed by atoms with Crippen molar-refractivity contribution in [3.05, 3.63) is 23.3 Å². The van der Waals surface area contributed by atoms with Crippen molar-refractivity contribution in [1.82, 2.24) is 15.2 Å². The number of nitrogens with one attached hydrogen (secondary N) is 2. The zero-order valence-corrected chi connectivity index (χ0v) is 12.0. The third-order valence-electron chi connectivity index (χ3n) is 2.15. The summed E-state index contributed by atoms with van der Waals surface area (Å²) in [4.78, 5) is 4.16. The molecule has 0 fully saturated rings. The molecule has 7 nitrogen and oxygen atoms in total. The Morgan fingerprint density at radius 2 is 2.16 bits per heavy atom. The van der Waals surface area contributed by atoms with Crippen molar-refractivity contribution in [1.29, 1.82) is 0 Å². The zero-order chi connectivity index (χ0) is 13.9. The smallest absolute Gasteiger partial charge is 0.263 e. The summed E-state index contributed by atoms with van der Waals surface area (Å²) in [5.74, 6) is 0.513.